The highest BCUT2D eigenvalue weighted by Crippen LogP contribution is 2.29. The topological polar surface area (TPSA) is 9.23 Å². The molecule has 0 aliphatic carbocycles. The maximum Gasteiger partial charge on any atom is 0.119 e. The van der Waals surface area contributed by atoms with Crippen molar-refractivity contribution in [2.75, 3.05) is 7.11 Å². The third-order valence-electron chi connectivity index (χ3n) is 3.56. The van der Waals surface area contributed by atoms with Crippen molar-refractivity contribution in [2.24, 2.45) is 0 Å². The third-order valence-corrected chi connectivity index (χ3v) is 5.73. The lowest BCUT2D eigenvalue weighted by atomic mass is 10.1. The molecule has 3 heteroatoms. The number of rotatable bonds is 7. The summed E-state index contributed by atoms with van der Waals surface area (Å²) in [6.07, 6.45) is 0. The average Bonchev–Trinajstić information content (AvgIpc) is 2.66. The van der Waals surface area contributed by atoms with Gasteiger partial charge >= 0.3 is 0 Å². The minimum atomic E-state index is 0.935. The monoisotopic (exact) mass is 352 g/mol. The lowest BCUT2D eigenvalue weighted by Gasteiger charge is -2.09. The van der Waals surface area contributed by atoms with Crippen LogP contribution in [0.15, 0.2) is 88.7 Å². The van der Waals surface area contributed by atoms with E-state index in [1.807, 2.05) is 23.5 Å². The van der Waals surface area contributed by atoms with Gasteiger partial charge in [0.25, 0.3) is 0 Å². The van der Waals surface area contributed by atoms with Crippen molar-refractivity contribution in [3.8, 4) is 5.75 Å². The molecule has 0 amide bonds. The lowest BCUT2D eigenvalue weighted by Crippen LogP contribution is -1.91. The molecule has 0 bridgehead atoms. The van der Waals surface area contributed by atoms with E-state index in [0.717, 1.165) is 17.3 Å². The molecule has 0 aliphatic rings. The molecule has 3 aromatic rings. The van der Waals surface area contributed by atoms with E-state index in [0.29, 0.717) is 0 Å². The van der Waals surface area contributed by atoms with Gasteiger partial charge in [-0.25, -0.2) is 0 Å². The Morgan fingerprint density at radius 1 is 0.667 bits per heavy atom. The zero-order chi connectivity index (χ0) is 16.6. The van der Waals surface area contributed by atoms with E-state index in [9.17, 15) is 0 Å². The van der Waals surface area contributed by atoms with Crippen LogP contribution in [0.3, 0.4) is 0 Å². The molecule has 0 spiro atoms. The second kappa shape index (κ2) is 8.86. The normalized spacial score (nSPS) is 10.5. The Labute approximate surface area is 152 Å². The van der Waals surface area contributed by atoms with Crippen molar-refractivity contribution >= 4 is 23.5 Å². The van der Waals surface area contributed by atoms with E-state index in [2.05, 4.69) is 78.9 Å². The second-order valence-corrected chi connectivity index (χ2v) is 7.49. The molecule has 122 valence electrons. The number of hydrogen-bond acceptors (Lipinski definition) is 3. The maximum absolute atomic E-state index is 5.48. The molecule has 0 radical (unpaired) electrons. The molecule has 24 heavy (non-hydrogen) atoms. The van der Waals surface area contributed by atoms with Crippen LogP contribution in [0.25, 0.3) is 0 Å². The van der Waals surface area contributed by atoms with Gasteiger partial charge in [-0.1, -0.05) is 42.5 Å². The zero-order valence-electron chi connectivity index (χ0n) is 13.6. The molecular formula is C21H20OS2. The molecule has 3 aromatic carbocycles. The summed E-state index contributed by atoms with van der Waals surface area (Å²) in [6.45, 7) is 0. The van der Waals surface area contributed by atoms with Gasteiger partial charge in [0, 0.05) is 21.3 Å². The Balaban J connectivity index is 1.68. The van der Waals surface area contributed by atoms with Gasteiger partial charge in [0.15, 0.2) is 0 Å². The molecule has 0 N–H and O–H groups in total. The van der Waals surface area contributed by atoms with Crippen molar-refractivity contribution in [1.29, 1.82) is 0 Å². The van der Waals surface area contributed by atoms with E-state index in [1.54, 1.807) is 7.11 Å². The van der Waals surface area contributed by atoms with Gasteiger partial charge in [0.2, 0.25) is 0 Å². The van der Waals surface area contributed by atoms with Crippen molar-refractivity contribution < 1.29 is 4.74 Å². The van der Waals surface area contributed by atoms with Crippen LogP contribution in [0.1, 0.15) is 11.1 Å². The predicted octanol–water partition coefficient (Wildman–Crippen LogP) is 6.28. The fourth-order valence-corrected chi connectivity index (χ4v) is 4.08. The molecule has 0 unspecified atom stereocenters. The number of ether oxygens (including phenoxy) is 1. The van der Waals surface area contributed by atoms with Crippen LogP contribution in [0.2, 0.25) is 0 Å². The summed E-state index contributed by atoms with van der Waals surface area (Å²) >= 11 is 3.71. The van der Waals surface area contributed by atoms with Crippen LogP contribution in [0.5, 0.6) is 5.75 Å². The molecule has 0 atom stereocenters. The predicted molar refractivity (Wildman–Crippen MR) is 105 cm³/mol. The van der Waals surface area contributed by atoms with Crippen molar-refractivity contribution in [1.82, 2.24) is 0 Å². The van der Waals surface area contributed by atoms with E-state index in [4.69, 9.17) is 4.74 Å². The molecule has 0 saturated heterocycles. The standard InChI is InChI=1S/C21H20OS2/c1-22-19-13-17(15-23-20-8-4-2-5-9-20)12-18(14-19)16-24-21-10-6-3-7-11-21/h2-14H,15-16H2,1H3. The minimum absolute atomic E-state index is 0.935. The van der Waals surface area contributed by atoms with E-state index >= 15 is 0 Å². The van der Waals surface area contributed by atoms with Gasteiger partial charge in [-0.2, -0.15) is 0 Å². The average molecular weight is 353 g/mol. The van der Waals surface area contributed by atoms with Crippen LogP contribution < -0.4 is 4.74 Å². The molecule has 0 fully saturated rings. The van der Waals surface area contributed by atoms with E-state index in [1.165, 1.54) is 20.9 Å². The van der Waals surface area contributed by atoms with Crippen LogP contribution in [0, 0.1) is 0 Å². The van der Waals surface area contributed by atoms with Crippen LogP contribution in [-0.2, 0) is 11.5 Å². The van der Waals surface area contributed by atoms with Crippen molar-refractivity contribution in [3.05, 3.63) is 90.0 Å². The first kappa shape index (κ1) is 17.0. The van der Waals surface area contributed by atoms with E-state index < -0.39 is 0 Å². The van der Waals surface area contributed by atoms with Gasteiger partial charge in [-0.3, -0.25) is 0 Å². The fourth-order valence-electron chi connectivity index (χ4n) is 2.38. The number of methoxy groups -OCH3 is 1. The zero-order valence-corrected chi connectivity index (χ0v) is 15.3. The Morgan fingerprint density at radius 3 is 1.54 bits per heavy atom. The summed E-state index contributed by atoms with van der Waals surface area (Å²) in [5.41, 5.74) is 2.60. The molecule has 0 heterocycles. The Morgan fingerprint density at radius 2 is 1.12 bits per heavy atom. The molecule has 0 aliphatic heterocycles. The van der Waals surface area contributed by atoms with Gasteiger partial charge < -0.3 is 4.74 Å². The van der Waals surface area contributed by atoms with E-state index in [-0.39, 0.29) is 0 Å². The number of hydrogen-bond donors (Lipinski definition) is 0. The molecule has 0 aromatic heterocycles. The Kier molecular flexibility index (Phi) is 6.27. The quantitative estimate of drug-likeness (QED) is 0.463. The van der Waals surface area contributed by atoms with Crippen LogP contribution in [-0.4, -0.2) is 7.11 Å². The van der Waals surface area contributed by atoms with Crippen LogP contribution in [0.4, 0.5) is 0 Å². The Bertz CT molecular complexity index is 696. The third kappa shape index (κ3) is 5.08. The van der Waals surface area contributed by atoms with Gasteiger partial charge in [0.1, 0.15) is 5.75 Å². The summed E-state index contributed by atoms with van der Waals surface area (Å²) in [4.78, 5) is 2.58. The summed E-state index contributed by atoms with van der Waals surface area (Å²) in [7, 11) is 1.73. The molecule has 0 saturated carbocycles. The van der Waals surface area contributed by atoms with Crippen molar-refractivity contribution in [2.45, 2.75) is 21.3 Å². The highest BCUT2D eigenvalue weighted by Gasteiger charge is 2.04. The first-order chi connectivity index (χ1) is 11.8. The van der Waals surface area contributed by atoms with Crippen molar-refractivity contribution in [3.63, 3.8) is 0 Å². The SMILES string of the molecule is COc1cc(CSc2ccccc2)cc(CSc2ccccc2)c1. The first-order valence-corrected chi connectivity index (χ1v) is 9.83. The Hall–Kier alpha value is -1.84. The van der Waals surface area contributed by atoms with Gasteiger partial charge in [0.05, 0.1) is 7.11 Å². The number of benzene rings is 3. The highest BCUT2D eigenvalue weighted by molar-refractivity contribution is 7.98. The minimum Gasteiger partial charge on any atom is -0.497 e. The first-order valence-electron chi connectivity index (χ1n) is 7.86. The summed E-state index contributed by atoms with van der Waals surface area (Å²) in [5.74, 6) is 2.83. The van der Waals surface area contributed by atoms with Gasteiger partial charge in [-0.05, 0) is 47.5 Å². The smallest absolute Gasteiger partial charge is 0.119 e. The molecule has 1 nitrogen and oxygen atoms in total. The summed E-state index contributed by atoms with van der Waals surface area (Å²) in [5, 5.41) is 0. The highest BCUT2D eigenvalue weighted by atomic mass is 32.2. The second-order valence-electron chi connectivity index (χ2n) is 5.39. The summed E-state index contributed by atoms with van der Waals surface area (Å²) in [6, 6.07) is 27.6. The largest absolute Gasteiger partial charge is 0.497 e. The fraction of sp³-hybridized carbons (Fsp3) is 0.143. The lowest BCUT2D eigenvalue weighted by molar-refractivity contribution is 0.414. The van der Waals surface area contributed by atoms with Crippen LogP contribution >= 0.6 is 23.5 Å². The number of thioether (sulfide) groups is 2. The van der Waals surface area contributed by atoms with Gasteiger partial charge in [-0.15, -0.1) is 23.5 Å². The summed E-state index contributed by atoms with van der Waals surface area (Å²) < 4.78 is 5.48. The maximum atomic E-state index is 5.48. The molecule has 3 rings (SSSR count). The molecular weight excluding hydrogens is 332 g/mol.